The van der Waals surface area contributed by atoms with Crippen molar-refractivity contribution in [1.82, 2.24) is 10.1 Å². The van der Waals surface area contributed by atoms with E-state index in [1.165, 1.54) is 5.56 Å². The van der Waals surface area contributed by atoms with Gasteiger partial charge in [-0.15, -0.1) is 0 Å². The largest absolute Gasteiger partial charge is 0.339 e. The molecule has 0 spiro atoms. The minimum Gasteiger partial charge on any atom is -0.339 e. The number of rotatable bonds is 3. The summed E-state index contributed by atoms with van der Waals surface area (Å²) in [6.07, 6.45) is 1.77. The number of anilines is 1. The quantitative estimate of drug-likeness (QED) is 0.872. The first-order chi connectivity index (χ1) is 10.9. The van der Waals surface area contributed by atoms with Crippen molar-refractivity contribution in [2.24, 2.45) is 0 Å². The first kappa shape index (κ1) is 15.7. The van der Waals surface area contributed by atoms with Crippen LogP contribution < -0.4 is 4.90 Å². The van der Waals surface area contributed by atoms with Gasteiger partial charge in [-0.05, 0) is 25.0 Å². The summed E-state index contributed by atoms with van der Waals surface area (Å²) >= 11 is 0. The van der Waals surface area contributed by atoms with E-state index < -0.39 is 0 Å². The topological polar surface area (TPSA) is 59.2 Å². The highest BCUT2D eigenvalue weighted by molar-refractivity contribution is 5.96. The lowest BCUT2D eigenvalue weighted by Crippen LogP contribution is -2.35. The highest BCUT2D eigenvalue weighted by Gasteiger charge is 2.30. The van der Waals surface area contributed by atoms with E-state index >= 15 is 0 Å². The van der Waals surface area contributed by atoms with Gasteiger partial charge in [0.25, 0.3) is 0 Å². The Labute approximate surface area is 136 Å². The van der Waals surface area contributed by atoms with Gasteiger partial charge in [-0.2, -0.15) is 4.98 Å². The molecular weight excluding hydrogens is 290 g/mol. The smallest absolute Gasteiger partial charge is 0.227 e. The van der Waals surface area contributed by atoms with Gasteiger partial charge in [-0.3, -0.25) is 4.79 Å². The predicted octanol–water partition coefficient (Wildman–Crippen LogP) is 3.28. The summed E-state index contributed by atoms with van der Waals surface area (Å²) in [4.78, 5) is 18.9. The molecule has 0 saturated heterocycles. The summed E-state index contributed by atoms with van der Waals surface area (Å²) in [5, 5.41) is 4.00. The molecule has 0 saturated carbocycles. The summed E-state index contributed by atoms with van der Waals surface area (Å²) in [6.45, 7) is 8.20. The zero-order valence-electron chi connectivity index (χ0n) is 14.2. The van der Waals surface area contributed by atoms with Crippen LogP contribution in [0.3, 0.4) is 0 Å². The molecule has 1 amide bonds. The Kier molecular flexibility index (Phi) is 3.96. The van der Waals surface area contributed by atoms with E-state index in [1.807, 2.05) is 43.9 Å². The molecule has 5 nitrogen and oxygen atoms in total. The van der Waals surface area contributed by atoms with Crippen molar-refractivity contribution in [3.63, 3.8) is 0 Å². The molecule has 1 aromatic carbocycles. The van der Waals surface area contributed by atoms with Crippen LogP contribution >= 0.6 is 0 Å². The van der Waals surface area contributed by atoms with Crippen LogP contribution in [0.25, 0.3) is 0 Å². The van der Waals surface area contributed by atoms with Crippen LogP contribution in [0, 0.1) is 0 Å². The molecule has 1 atom stereocenters. The Hall–Kier alpha value is -2.17. The molecule has 0 unspecified atom stereocenters. The fourth-order valence-corrected chi connectivity index (χ4v) is 2.94. The second-order valence-electron chi connectivity index (χ2n) is 7.21. The van der Waals surface area contributed by atoms with Crippen LogP contribution in [0.1, 0.15) is 51.4 Å². The number of aryl methyl sites for hydroxylation is 1. The van der Waals surface area contributed by atoms with Crippen molar-refractivity contribution in [3.05, 3.63) is 41.5 Å². The molecule has 0 aliphatic carbocycles. The normalized spacial score (nSPS) is 17.4. The fraction of sp³-hybridized carbons (Fsp3) is 0.500. The number of benzene rings is 1. The molecule has 0 N–H and O–H groups in total. The van der Waals surface area contributed by atoms with Crippen molar-refractivity contribution in [3.8, 4) is 0 Å². The van der Waals surface area contributed by atoms with Crippen molar-refractivity contribution < 1.29 is 9.32 Å². The number of nitrogens with zero attached hydrogens (tertiary/aromatic N) is 3. The van der Waals surface area contributed by atoms with Gasteiger partial charge in [0.05, 0.1) is 0 Å². The number of amides is 1. The van der Waals surface area contributed by atoms with Crippen LogP contribution in [0.5, 0.6) is 0 Å². The third-order valence-electron chi connectivity index (χ3n) is 4.17. The molecule has 0 bridgehead atoms. The van der Waals surface area contributed by atoms with E-state index in [1.54, 1.807) is 0 Å². The Bertz CT molecular complexity index is 715. The molecule has 1 aromatic heterocycles. The molecule has 122 valence electrons. The Balaban J connectivity index is 1.67. The lowest BCUT2D eigenvalue weighted by Gasteiger charge is -2.22. The standard InChI is InChI=1S/C18H23N3O2/c1-12-11-13-7-5-6-8-14(13)21(12)16(22)10-9-15-19-17(20-23-15)18(2,3)4/h5-8,12H,9-11H2,1-4H3/t12-/m1/s1. The van der Waals surface area contributed by atoms with Gasteiger partial charge in [0, 0.05) is 30.0 Å². The SMILES string of the molecule is C[C@@H]1Cc2ccccc2N1C(=O)CCc1nc(C(C)(C)C)no1. The van der Waals surface area contributed by atoms with Gasteiger partial charge in [0.2, 0.25) is 11.8 Å². The van der Waals surface area contributed by atoms with E-state index in [0.717, 1.165) is 12.1 Å². The molecule has 23 heavy (non-hydrogen) atoms. The van der Waals surface area contributed by atoms with Crippen LogP contribution in [-0.4, -0.2) is 22.1 Å². The fourth-order valence-electron chi connectivity index (χ4n) is 2.94. The van der Waals surface area contributed by atoms with Crippen LogP contribution in [0.2, 0.25) is 0 Å². The predicted molar refractivity (Wildman–Crippen MR) is 88.4 cm³/mol. The minimum atomic E-state index is -0.145. The number of hydrogen-bond acceptors (Lipinski definition) is 4. The molecule has 3 rings (SSSR count). The van der Waals surface area contributed by atoms with Gasteiger partial charge >= 0.3 is 0 Å². The second kappa shape index (κ2) is 5.80. The molecule has 1 aliphatic heterocycles. The van der Waals surface area contributed by atoms with Crippen LogP contribution in [0.15, 0.2) is 28.8 Å². The number of aromatic nitrogens is 2. The zero-order chi connectivity index (χ0) is 16.6. The minimum absolute atomic E-state index is 0.109. The summed E-state index contributed by atoms with van der Waals surface area (Å²) in [6, 6.07) is 8.30. The molecule has 2 heterocycles. The number of para-hydroxylation sites is 1. The summed E-state index contributed by atoms with van der Waals surface area (Å²) in [7, 11) is 0. The van der Waals surface area contributed by atoms with Gasteiger partial charge in [0.1, 0.15) is 0 Å². The maximum atomic E-state index is 12.6. The lowest BCUT2D eigenvalue weighted by molar-refractivity contribution is -0.118. The molecular formula is C18H23N3O2. The number of carbonyl (C=O) groups is 1. The second-order valence-corrected chi connectivity index (χ2v) is 7.21. The molecule has 0 radical (unpaired) electrons. The van der Waals surface area contributed by atoms with Crippen molar-refractivity contribution in [2.75, 3.05) is 4.90 Å². The van der Waals surface area contributed by atoms with Gasteiger partial charge in [-0.1, -0.05) is 44.1 Å². The molecule has 1 aliphatic rings. The van der Waals surface area contributed by atoms with E-state index in [0.29, 0.717) is 24.6 Å². The van der Waals surface area contributed by atoms with Crippen molar-refractivity contribution in [1.29, 1.82) is 0 Å². The third kappa shape index (κ3) is 3.14. The van der Waals surface area contributed by atoms with Crippen LogP contribution in [-0.2, 0) is 23.1 Å². The number of hydrogen-bond donors (Lipinski definition) is 0. The highest BCUT2D eigenvalue weighted by atomic mass is 16.5. The van der Waals surface area contributed by atoms with E-state index in [4.69, 9.17) is 4.52 Å². The third-order valence-corrected chi connectivity index (χ3v) is 4.17. The summed E-state index contributed by atoms with van der Waals surface area (Å²) in [5.74, 6) is 1.32. The van der Waals surface area contributed by atoms with E-state index in [2.05, 4.69) is 23.1 Å². The van der Waals surface area contributed by atoms with Gasteiger partial charge < -0.3 is 9.42 Å². The van der Waals surface area contributed by atoms with E-state index in [-0.39, 0.29) is 17.4 Å². The van der Waals surface area contributed by atoms with Crippen molar-refractivity contribution >= 4 is 11.6 Å². The van der Waals surface area contributed by atoms with E-state index in [9.17, 15) is 4.79 Å². The van der Waals surface area contributed by atoms with Gasteiger partial charge in [-0.25, -0.2) is 0 Å². The highest BCUT2D eigenvalue weighted by Crippen LogP contribution is 2.32. The maximum Gasteiger partial charge on any atom is 0.227 e. The average Bonchev–Trinajstić information content (AvgIpc) is 3.07. The Morgan fingerprint density at radius 3 is 2.78 bits per heavy atom. The Morgan fingerprint density at radius 1 is 1.35 bits per heavy atom. The molecule has 2 aromatic rings. The summed E-state index contributed by atoms with van der Waals surface area (Å²) in [5.41, 5.74) is 2.13. The summed E-state index contributed by atoms with van der Waals surface area (Å²) < 4.78 is 5.27. The monoisotopic (exact) mass is 313 g/mol. The number of fused-ring (bicyclic) bond motifs is 1. The maximum absolute atomic E-state index is 12.6. The number of carbonyl (C=O) groups excluding carboxylic acids is 1. The first-order valence-corrected chi connectivity index (χ1v) is 8.09. The first-order valence-electron chi connectivity index (χ1n) is 8.09. The molecule has 5 heteroatoms. The van der Waals surface area contributed by atoms with Gasteiger partial charge in [0.15, 0.2) is 5.82 Å². The molecule has 0 fully saturated rings. The Morgan fingerprint density at radius 2 is 2.09 bits per heavy atom. The average molecular weight is 313 g/mol. The zero-order valence-corrected chi connectivity index (χ0v) is 14.2. The lowest BCUT2D eigenvalue weighted by atomic mass is 9.96. The van der Waals surface area contributed by atoms with Crippen molar-refractivity contribution in [2.45, 2.75) is 58.4 Å². The van der Waals surface area contributed by atoms with Crippen LogP contribution in [0.4, 0.5) is 5.69 Å².